The second-order valence-corrected chi connectivity index (χ2v) is 1.81. The molecule has 0 aliphatic heterocycles. The zero-order chi connectivity index (χ0) is 5.15. The zero-order valence-electron chi connectivity index (χ0n) is 5.07. The second-order valence-electron chi connectivity index (χ2n) is 1.81. The van der Waals surface area contributed by atoms with Crippen LogP contribution in [0.5, 0.6) is 0 Å². The maximum absolute atomic E-state index is 3.64. The van der Waals surface area contributed by atoms with E-state index in [-0.39, 0.29) is 32.7 Å². The summed E-state index contributed by atoms with van der Waals surface area (Å²) in [5, 5.41) is 0. The van der Waals surface area contributed by atoms with Crippen molar-refractivity contribution < 1.29 is 32.7 Å². The minimum atomic E-state index is 0. The Morgan fingerprint density at radius 2 is 1.71 bits per heavy atom. The van der Waals surface area contributed by atoms with Crippen LogP contribution in [0.25, 0.3) is 0 Å². The van der Waals surface area contributed by atoms with Gasteiger partial charge in [-0.15, -0.1) is 0 Å². The number of hydrogen-bond donors (Lipinski definition) is 0. The Balaban J connectivity index is 0. The molecule has 1 radical (unpaired) electrons. The molecule has 0 spiro atoms. The Hall–Kier alpha value is 0.714. The van der Waals surface area contributed by atoms with E-state index in [0.29, 0.717) is 5.92 Å². The van der Waals surface area contributed by atoms with E-state index in [4.69, 9.17) is 0 Å². The number of hydrogen-bond acceptors (Lipinski definition) is 0. The Kier molecular flexibility index (Phi) is 7.40. The molecule has 0 aliphatic carbocycles. The van der Waals surface area contributed by atoms with Crippen LogP contribution in [0, 0.1) is 12.8 Å². The molecule has 7 heavy (non-hydrogen) atoms. The van der Waals surface area contributed by atoms with Crippen molar-refractivity contribution in [1.29, 1.82) is 0 Å². The topological polar surface area (TPSA) is 0 Å². The van der Waals surface area contributed by atoms with Crippen LogP contribution in [-0.2, 0) is 32.7 Å². The van der Waals surface area contributed by atoms with Crippen molar-refractivity contribution in [3.63, 3.8) is 0 Å². The summed E-state index contributed by atoms with van der Waals surface area (Å²) >= 11 is 0. The number of allylic oxidation sites excluding steroid dienone is 1. The van der Waals surface area contributed by atoms with Gasteiger partial charge in [0.15, 0.2) is 0 Å². The first-order chi connectivity index (χ1) is 2.64. The fraction of sp³-hybridized carbons (Fsp3) is 0.500. The molecule has 1 heteroatoms. The van der Waals surface area contributed by atoms with Crippen LogP contribution in [0.4, 0.5) is 0 Å². The largest absolute Gasteiger partial charge is 0.242 e. The molecular formula is C6H11Y-. The van der Waals surface area contributed by atoms with Crippen molar-refractivity contribution in [2.45, 2.75) is 13.8 Å². The van der Waals surface area contributed by atoms with Crippen molar-refractivity contribution in [3.05, 3.63) is 19.1 Å². The van der Waals surface area contributed by atoms with Gasteiger partial charge in [-0.25, -0.2) is 19.1 Å². The van der Waals surface area contributed by atoms with Gasteiger partial charge in [-0.2, -0.15) is 0 Å². The molecule has 0 rings (SSSR count). The van der Waals surface area contributed by atoms with Crippen LogP contribution in [0.15, 0.2) is 12.2 Å². The molecule has 0 nitrogen and oxygen atoms in total. The SMILES string of the molecule is C=C([CH2-])C(C)C.[Y]. The minimum absolute atomic E-state index is 0. The van der Waals surface area contributed by atoms with Crippen LogP contribution in [-0.4, -0.2) is 0 Å². The summed E-state index contributed by atoms with van der Waals surface area (Å²) in [6.07, 6.45) is 0. The summed E-state index contributed by atoms with van der Waals surface area (Å²) in [7, 11) is 0. The van der Waals surface area contributed by atoms with Crippen molar-refractivity contribution in [2.24, 2.45) is 5.92 Å². The normalized spacial score (nSPS) is 7.86. The van der Waals surface area contributed by atoms with Crippen LogP contribution in [0.3, 0.4) is 0 Å². The van der Waals surface area contributed by atoms with Crippen molar-refractivity contribution in [2.75, 3.05) is 0 Å². The van der Waals surface area contributed by atoms with Gasteiger partial charge in [0.05, 0.1) is 0 Å². The molecule has 0 aromatic rings. The van der Waals surface area contributed by atoms with E-state index in [0.717, 1.165) is 5.57 Å². The van der Waals surface area contributed by atoms with E-state index in [1.165, 1.54) is 0 Å². The third-order valence-electron chi connectivity index (χ3n) is 0.816. The summed E-state index contributed by atoms with van der Waals surface area (Å²) in [5.74, 6) is 0.546. The predicted octanol–water partition coefficient (Wildman–Crippen LogP) is 2.03. The average molecular weight is 172 g/mol. The Bertz CT molecular complexity index is 55.2. The molecule has 0 amide bonds. The first-order valence-corrected chi connectivity index (χ1v) is 2.15. The van der Waals surface area contributed by atoms with Crippen LogP contribution in [0.2, 0.25) is 0 Å². The molecule has 0 N–H and O–H groups in total. The van der Waals surface area contributed by atoms with Crippen LogP contribution < -0.4 is 0 Å². The van der Waals surface area contributed by atoms with Crippen LogP contribution in [0.1, 0.15) is 13.8 Å². The average Bonchev–Trinajstić information content (AvgIpc) is 1.36. The quantitative estimate of drug-likeness (QED) is 0.531. The molecule has 0 bridgehead atoms. The maximum Gasteiger partial charge on any atom is 0 e. The molecule has 0 aliphatic rings. The molecule has 39 valence electrons. The van der Waals surface area contributed by atoms with Gasteiger partial charge in [-0.3, -0.25) is 0 Å². The summed E-state index contributed by atoms with van der Waals surface area (Å²) < 4.78 is 0. The Morgan fingerprint density at radius 1 is 1.57 bits per heavy atom. The summed E-state index contributed by atoms with van der Waals surface area (Å²) in [5.41, 5.74) is 1.01. The zero-order valence-corrected chi connectivity index (χ0v) is 7.91. The van der Waals surface area contributed by atoms with Gasteiger partial charge in [0, 0.05) is 32.7 Å². The molecule has 0 fully saturated rings. The van der Waals surface area contributed by atoms with Gasteiger partial charge in [-0.1, -0.05) is 19.8 Å². The number of rotatable bonds is 1. The monoisotopic (exact) mass is 172 g/mol. The second kappa shape index (κ2) is 4.86. The van der Waals surface area contributed by atoms with Crippen molar-refractivity contribution >= 4 is 0 Å². The molecule has 0 heterocycles. The molecule has 0 aromatic heterocycles. The van der Waals surface area contributed by atoms with E-state index in [1.807, 2.05) is 0 Å². The third kappa shape index (κ3) is 6.71. The molecular weight excluding hydrogens is 161 g/mol. The summed E-state index contributed by atoms with van der Waals surface area (Å²) in [6.45, 7) is 11.4. The van der Waals surface area contributed by atoms with E-state index < -0.39 is 0 Å². The fourth-order valence-electron chi connectivity index (χ4n) is 0. The molecule has 0 saturated carbocycles. The molecule has 0 aromatic carbocycles. The standard InChI is InChI=1S/C6H11.Y/c1-5(2)6(3)4;/h6H,1-2H2,3-4H3;/q-1;. The van der Waals surface area contributed by atoms with Gasteiger partial charge < -0.3 is 0 Å². The summed E-state index contributed by atoms with van der Waals surface area (Å²) in [4.78, 5) is 0. The molecule has 0 unspecified atom stereocenters. The van der Waals surface area contributed by atoms with E-state index in [9.17, 15) is 0 Å². The minimum Gasteiger partial charge on any atom is -0.242 e. The van der Waals surface area contributed by atoms with Crippen molar-refractivity contribution in [1.82, 2.24) is 0 Å². The molecule has 0 atom stereocenters. The fourth-order valence-corrected chi connectivity index (χ4v) is 0. The predicted molar refractivity (Wildman–Crippen MR) is 29.3 cm³/mol. The van der Waals surface area contributed by atoms with E-state index in [1.54, 1.807) is 0 Å². The van der Waals surface area contributed by atoms with E-state index in [2.05, 4.69) is 27.4 Å². The van der Waals surface area contributed by atoms with Gasteiger partial charge in [0.25, 0.3) is 0 Å². The van der Waals surface area contributed by atoms with Gasteiger partial charge in [-0.05, 0) is 0 Å². The van der Waals surface area contributed by atoms with E-state index >= 15 is 0 Å². The summed E-state index contributed by atoms with van der Waals surface area (Å²) in [6, 6.07) is 0. The first kappa shape index (κ1) is 10.7. The Morgan fingerprint density at radius 3 is 1.71 bits per heavy atom. The smallest absolute Gasteiger partial charge is 0 e. The maximum atomic E-state index is 3.64. The van der Waals surface area contributed by atoms with Crippen LogP contribution >= 0.6 is 0 Å². The Labute approximate surface area is 71.3 Å². The van der Waals surface area contributed by atoms with Gasteiger partial charge in [0.1, 0.15) is 0 Å². The first-order valence-electron chi connectivity index (χ1n) is 2.15. The van der Waals surface area contributed by atoms with Crippen molar-refractivity contribution in [3.8, 4) is 0 Å². The molecule has 0 saturated heterocycles. The van der Waals surface area contributed by atoms with Gasteiger partial charge >= 0.3 is 0 Å². The third-order valence-corrected chi connectivity index (χ3v) is 0.816. The van der Waals surface area contributed by atoms with Gasteiger partial charge in [0.2, 0.25) is 0 Å².